The number of carbonyl (C=O) groups excluding carboxylic acids is 3. The van der Waals surface area contributed by atoms with Gasteiger partial charge in [0.1, 0.15) is 0 Å². The zero-order valence-electron chi connectivity index (χ0n) is 26.8. The number of rotatable bonds is 14. The Bertz CT molecular complexity index is 1690. The van der Waals surface area contributed by atoms with Crippen molar-refractivity contribution in [3.63, 3.8) is 0 Å². The van der Waals surface area contributed by atoms with Gasteiger partial charge in [-0.05, 0) is 59.4 Å². The van der Waals surface area contributed by atoms with Gasteiger partial charge in [-0.3, -0.25) is 4.79 Å². The molecule has 17 heteroatoms. The summed E-state index contributed by atoms with van der Waals surface area (Å²) in [4.78, 5) is 46.6. The van der Waals surface area contributed by atoms with E-state index in [4.69, 9.17) is 35.4 Å². The molecule has 0 saturated carbocycles. The number of carboxylic acids is 1. The van der Waals surface area contributed by atoms with E-state index in [9.17, 15) is 24.3 Å². The van der Waals surface area contributed by atoms with Crippen LogP contribution < -0.4 is 14.8 Å². The van der Waals surface area contributed by atoms with Crippen molar-refractivity contribution in [2.75, 3.05) is 21.0 Å². The van der Waals surface area contributed by atoms with Gasteiger partial charge in [-0.1, -0.05) is 48.0 Å². The molecule has 2 aromatic heterocycles. The van der Waals surface area contributed by atoms with Gasteiger partial charge in [0.15, 0.2) is 6.10 Å². The first kappa shape index (κ1) is 37.8. The number of carboxylic acid groups (broad SMARTS) is 1. The summed E-state index contributed by atoms with van der Waals surface area (Å²) in [5.74, 6) is -2.86. The average Bonchev–Trinajstić information content (AvgIpc) is 3.76. The van der Waals surface area contributed by atoms with Crippen LogP contribution >= 0.6 is 11.6 Å². The second-order valence-corrected chi connectivity index (χ2v) is 10.7. The number of aliphatic hydroxyl groups is 1. The van der Waals surface area contributed by atoms with Gasteiger partial charge in [-0.25, -0.2) is 14.4 Å². The Morgan fingerprint density at radius 1 is 0.878 bits per heavy atom. The fourth-order valence-electron chi connectivity index (χ4n) is 3.98. The number of methoxy groups -OCH3 is 2. The van der Waals surface area contributed by atoms with Gasteiger partial charge >= 0.3 is 18.1 Å². The number of ether oxygens (including phenoxy) is 5. The molecule has 0 aliphatic heterocycles. The van der Waals surface area contributed by atoms with Crippen molar-refractivity contribution in [1.82, 2.24) is 15.6 Å². The van der Waals surface area contributed by atoms with E-state index >= 15 is 0 Å². The van der Waals surface area contributed by atoms with E-state index in [1.54, 1.807) is 19.9 Å². The molecule has 49 heavy (non-hydrogen) atoms. The quantitative estimate of drug-likeness (QED) is 0.121. The van der Waals surface area contributed by atoms with Crippen LogP contribution in [0.5, 0.6) is 11.8 Å². The topological polar surface area (TPSA) is 219 Å². The predicted molar refractivity (Wildman–Crippen MR) is 169 cm³/mol. The summed E-state index contributed by atoms with van der Waals surface area (Å²) >= 11 is 6.09. The lowest BCUT2D eigenvalue weighted by Crippen LogP contribution is -2.41. The molecule has 0 spiro atoms. The van der Waals surface area contributed by atoms with Crippen molar-refractivity contribution in [2.24, 2.45) is 0 Å². The van der Waals surface area contributed by atoms with Gasteiger partial charge in [-0.15, -0.1) is 0 Å². The Morgan fingerprint density at radius 3 is 2.06 bits per heavy atom. The zero-order chi connectivity index (χ0) is 35.9. The smallest absolute Gasteiger partial charge is 0.479 e. The lowest BCUT2D eigenvalue weighted by molar-refractivity contribution is -0.164. The highest BCUT2D eigenvalue weighted by Crippen LogP contribution is 2.24. The molecular weight excluding hydrogens is 670 g/mol. The normalized spacial score (nSPS) is 11.7. The number of hydrogen-bond donors (Lipinski definition) is 3. The molecule has 0 fully saturated rings. The number of aliphatic hydroxyl groups excluding tert-OH is 1. The fourth-order valence-corrected chi connectivity index (χ4v) is 4.17. The van der Waals surface area contributed by atoms with Crippen molar-refractivity contribution in [3.05, 3.63) is 82.8 Å². The number of nitrogens with one attached hydrogen (secondary N) is 1. The molecule has 0 aliphatic carbocycles. The van der Waals surface area contributed by atoms with Crippen molar-refractivity contribution in [2.45, 2.75) is 44.9 Å². The van der Waals surface area contributed by atoms with Gasteiger partial charge in [0.2, 0.25) is 18.3 Å². The monoisotopic (exact) mass is 703 g/mol. The third-order valence-corrected chi connectivity index (χ3v) is 6.48. The maximum absolute atomic E-state index is 12.7. The van der Waals surface area contributed by atoms with Crippen molar-refractivity contribution < 1.29 is 62.1 Å². The number of esters is 1. The second kappa shape index (κ2) is 18.7. The minimum Gasteiger partial charge on any atom is -0.479 e. The van der Waals surface area contributed by atoms with E-state index in [2.05, 4.69) is 29.6 Å². The highest BCUT2D eigenvalue weighted by Gasteiger charge is 2.26. The fraction of sp³-hybridized carbons (Fsp3) is 0.312. The number of carbonyl (C=O) groups is 4. The van der Waals surface area contributed by atoms with Gasteiger partial charge in [0, 0.05) is 17.5 Å². The molecule has 0 saturated heterocycles. The Balaban J connectivity index is 0.000000555. The van der Waals surface area contributed by atoms with Crippen molar-refractivity contribution in [1.29, 1.82) is 0 Å². The number of halogens is 1. The first-order valence-electron chi connectivity index (χ1n) is 14.5. The summed E-state index contributed by atoms with van der Waals surface area (Å²) in [7, 11) is 2.76. The van der Waals surface area contributed by atoms with Crippen LogP contribution in [0.3, 0.4) is 0 Å². The van der Waals surface area contributed by atoms with E-state index in [-0.39, 0.29) is 36.1 Å². The van der Waals surface area contributed by atoms with Crippen LogP contribution in [0.4, 0.5) is 4.79 Å². The molecule has 4 rings (SSSR count). The molecular formula is C32H34ClN3O13. The van der Waals surface area contributed by atoms with E-state index in [1.165, 1.54) is 26.4 Å². The Morgan fingerprint density at radius 2 is 1.51 bits per heavy atom. The molecule has 3 N–H and O–H groups in total. The first-order valence-corrected chi connectivity index (χ1v) is 14.8. The van der Waals surface area contributed by atoms with E-state index in [0.29, 0.717) is 5.02 Å². The largest absolute Gasteiger partial charge is 0.511 e. The predicted octanol–water partition coefficient (Wildman–Crippen LogP) is 4.54. The van der Waals surface area contributed by atoms with Crippen molar-refractivity contribution >= 4 is 35.6 Å². The van der Waals surface area contributed by atoms with E-state index in [0.717, 1.165) is 16.7 Å². The lowest BCUT2D eigenvalue weighted by Gasteiger charge is -2.21. The molecule has 1 amide bonds. The lowest BCUT2D eigenvalue weighted by atomic mass is 9.97. The second-order valence-electron chi connectivity index (χ2n) is 10.2. The van der Waals surface area contributed by atoms with Crippen LogP contribution in [0.1, 0.15) is 46.9 Å². The number of aromatic carboxylic acids is 1. The molecule has 0 bridgehead atoms. The third kappa shape index (κ3) is 12.5. The van der Waals surface area contributed by atoms with Crippen LogP contribution in [0.15, 0.2) is 69.7 Å². The molecule has 16 nitrogen and oxygen atoms in total. The summed E-state index contributed by atoms with van der Waals surface area (Å²) in [5.41, 5.74) is 2.70. The summed E-state index contributed by atoms with van der Waals surface area (Å²) in [5, 5.41) is 29.0. The Labute approximate surface area is 284 Å². The van der Waals surface area contributed by atoms with Gasteiger partial charge < -0.3 is 48.3 Å². The Kier molecular flexibility index (Phi) is 14.4. The van der Waals surface area contributed by atoms with Crippen LogP contribution in [0, 0.1) is 0 Å². The molecule has 2 aromatic carbocycles. The van der Waals surface area contributed by atoms with Crippen molar-refractivity contribution in [3.8, 4) is 22.9 Å². The summed E-state index contributed by atoms with van der Waals surface area (Å²) in [6.07, 6.45) is -3.00. The minimum absolute atomic E-state index is 0.109. The average molecular weight is 704 g/mol. The standard InChI is InChI=1S/C27H29ClN2O9.C5H5NO4/c1-16(2)38-27(34)37-15-36-26(33)22(31)13-21(29-25(32)23-14-24(35-3)30-39-23)11-17-7-9-18(10-8-17)19-5-4-6-20(28)12-19;1-9-4-2-3(5(7)8)10-6-4/h4-10,12,14,16,21-22,31H,11,13,15H2,1-3H3,(H,29,32);2H,1H3,(H,7,8)/t21-,22-;/m1./s1. The Hall–Kier alpha value is -5.61. The van der Waals surface area contributed by atoms with Gasteiger partial charge in [0.05, 0.1) is 32.5 Å². The van der Waals surface area contributed by atoms with Crippen LogP contribution in [0.2, 0.25) is 5.02 Å². The molecule has 4 aromatic rings. The van der Waals surface area contributed by atoms with E-state index in [1.807, 2.05) is 42.5 Å². The minimum atomic E-state index is -1.63. The number of hydrogen-bond acceptors (Lipinski definition) is 14. The summed E-state index contributed by atoms with van der Waals surface area (Å²) in [6.45, 7) is 2.53. The number of benzene rings is 2. The highest BCUT2D eigenvalue weighted by atomic mass is 35.5. The third-order valence-electron chi connectivity index (χ3n) is 6.25. The molecule has 0 aliphatic rings. The SMILES string of the molecule is COc1cc(C(=O)N[C@H](Cc2ccc(-c3cccc(Cl)c3)cc2)C[C@@H](O)C(=O)OCOC(=O)OC(C)C)on1.COc1cc(C(=O)O)on1. The van der Waals surface area contributed by atoms with Crippen LogP contribution in [0.25, 0.3) is 11.1 Å². The molecule has 0 unspecified atom stereocenters. The number of nitrogens with zero attached hydrogens (tertiary/aromatic N) is 2. The van der Waals surface area contributed by atoms with E-state index < -0.39 is 49.0 Å². The highest BCUT2D eigenvalue weighted by molar-refractivity contribution is 6.30. The molecule has 262 valence electrons. The first-order chi connectivity index (χ1) is 23.4. The number of amides is 1. The van der Waals surface area contributed by atoms with Crippen LogP contribution in [-0.4, -0.2) is 83.8 Å². The maximum Gasteiger partial charge on any atom is 0.511 e. The maximum atomic E-state index is 12.7. The molecule has 2 atom stereocenters. The zero-order valence-corrected chi connectivity index (χ0v) is 27.5. The van der Waals surface area contributed by atoms with Crippen LogP contribution in [-0.2, 0) is 25.4 Å². The summed E-state index contributed by atoms with van der Waals surface area (Å²) < 4.78 is 33.1. The molecule has 2 heterocycles. The molecule has 0 radical (unpaired) electrons. The summed E-state index contributed by atoms with van der Waals surface area (Å²) in [6, 6.07) is 16.7. The number of aromatic nitrogens is 2. The van der Waals surface area contributed by atoms with Gasteiger partial charge in [0.25, 0.3) is 17.7 Å². The van der Waals surface area contributed by atoms with Gasteiger partial charge in [-0.2, -0.15) is 0 Å².